The molecular weight excluding hydrogens is 208 g/mol. The third-order valence-corrected chi connectivity index (χ3v) is 4.26. The summed E-state index contributed by atoms with van der Waals surface area (Å²) in [5, 5.41) is 3.77. The molecular formula is C15H32N2. The number of rotatable bonds is 4. The predicted molar refractivity (Wildman–Crippen MR) is 76.4 cm³/mol. The predicted octanol–water partition coefficient (Wildman–Crippen LogP) is 3.42. The molecule has 0 spiro atoms. The van der Waals surface area contributed by atoms with E-state index in [1.54, 1.807) is 0 Å². The van der Waals surface area contributed by atoms with E-state index in [-0.39, 0.29) is 11.1 Å². The van der Waals surface area contributed by atoms with Crippen molar-refractivity contribution in [3.8, 4) is 0 Å². The average Bonchev–Trinajstić information content (AvgIpc) is 2.14. The molecule has 0 aliphatic carbocycles. The van der Waals surface area contributed by atoms with Crippen molar-refractivity contribution in [2.24, 2.45) is 0 Å². The lowest BCUT2D eigenvalue weighted by atomic mass is 9.78. The van der Waals surface area contributed by atoms with Crippen molar-refractivity contribution in [1.82, 2.24) is 10.2 Å². The monoisotopic (exact) mass is 240 g/mol. The normalized spacial score (nSPS) is 24.5. The Hall–Kier alpha value is -0.0800. The molecule has 0 aromatic rings. The van der Waals surface area contributed by atoms with Crippen LogP contribution in [0.5, 0.6) is 0 Å². The molecule has 0 atom stereocenters. The Balaban J connectivity index is 2.76. The molecule has 0 aromatic heterocycles. The molecule has 1 fully saturated rings. The largest absolute Gasteiger partial charge is 0.307 e. The highest BCUT2D eigenvalue weighted by Crippen LogP contribution is 2.32. The molecule has 17 heavy (non-hydrogen) atoms. The maximum Gasteiger partial charge on any atom is 0.0145 e. The summed E-state index contributed by atoms with van der Waals surface area (Å²) in [6.45, 7) is 14.0. The molecule has 0 amide bonds. The maximum absolute atomic E-state index is 3.77. The maximum atomic E-state index is 3.77. The first-order valence-corrected chi connectivity index (χ1v) is 7.22. The van der Waals surface area contributed by atoms with Gasteiger partial charge in [0.05, 0.1) is 0 Å². The van der Waals surface area contributed by atoms with E-state index in [0.717, 1.165) is 6.04 Å². The van der Waals surface area contributed by atoms with Crippen molar-refractivity contribution in [2.45, 2.75) is 90.4 Å². The van der Waals surface area contributed by atoms with E-state index >= 15 is 0 Å². The third-order valence-electron chi connectivity index (χ3n) is 4.26. The Labute approximate surface area is 108 Å². The highest BCUT2D eigenvalue weighted by atomic mass is 15.2. The fourth-order valence-electron chi connectivity index (χ4n) is 3.72. The van der Waals surface area contributed by atoms with Gasteiger partial charge in [-0.05, 0) is 60.4 Å². The van der Waals surface area contributed by atoms with Crippen LogP contribution in [0.3, 0.4) is 0 Å². The fourth-order valence-corrected chi connectivity index (χ4v) is 3.72. The van der Waals surface area contributed by atoms with Gasteiger partial charge in [-0.15, -0.1) is 0 Å². The Morgan fingerprint density at radius 1 is 1.06 bits per heavy atom. The number of piperidine rings is 1. The Morgan fingerprint density at radius 2 is 1.47 bits per heavy atom. The molecule has 1 rings (SSSR count). The van der Waals surface area contributed by atoms with E-state index in [1.165, 1.54) is 25.7 Å². The zero-order valence-electron chi connectivity index (χ0n) is 12.9. The van der Waals surface area contributed by atoms with Gasteiger partial charge in [-0.1, -0.05) is 13.8 Å². The van der Waals surface area contributed by atoms with Gasteiger partial charge in [0.15, 0.2) is 0 Å². The summed E-state index contributed by atoms with van der Waals surface area (Å²) in [4.78, 5) is 2.63. The molecule has 1 heterocycles. The standard InChI is InChI=1S/C15H32N2/c1-8-12(9-2)17(7)13-10-14(3,4)16-15(5,6)11-13/h12-13,16H,8-11H2,1-7H3. The Morgan fingerprint density at radius 3 is 1.82 bits per heavy atom. The summed E-state index contributed by atoms with van der Waals surface area (Å²) >= 11 is 0. The number of nitrogens with zero attached hydrogens (tertiary/aromatic N) is 1. The average molecular weight is 240 g/mol. The van der Waals surface area contributed by atoms with Crippen LogP contribution in [0.25, 0.3) is 0 Å². The molecule has 0 unspecified atom stereocenters. The number of hydrogen-bond acceptors (Lipinski definition) is 2. The molecule has 0 aromatic carbocycles. The van der Waals surface area contributed by atoms with Crippen LogP contribution >= 0.6 is 0 Å². The highest BCUT2D eigenvalue weighted by Gasteiger charge is 2.39. The second-order valence-electron chi connectivity index (χ2n) is 7.09. The van der Waals surface area contributed by atoms with Gasteiger partial charge in [-0.2, -0.15) is 0 Å². The highest BCUT2D eigenvalue weighted by molar-refractivity contribution is 5.00. The molecule has 2 heteroatoms. The minimum Gasteiger partial charge on any atom is -0.307 e. The zero-order chi connectivity index (χ0) is 13.3. The van der Waals surface area contributed by atoms with Gasteiger partial charge in [0, 0.05) is 23.2 Å². The first kappa shape index (κ1) is 15.0. The SMILES string of the molecule is CCC(CC)N(C)C1CC(C)(C)NC(C)(C)C1. The zero-order valence-corrected chi connectivity index (χ0v) is 12.9. The van der Waals surface area contributed by atoms with E-state index in [1.807, 2.05) is 0 Å². The van der Waals surface area contributed by atoms with Crippen molar-refractivity contribution in [1.29, 1.82) is 0 Å². The number of nitrogens with one attached hydrogen (secondary N) is 1. The van der Waals surface area contributed by atoms with E-state index in [2.05, 4.69) is 58.8 Å². The lowest BCUT2D eigenvalue weighted by Crippen LogP contribution is -2.62. The van der Waals surface area contributed by atoms with Crippen LogP contribution in [0.2, 0.25) is 0 Å². The summed E-state index contributed by atoms with van der Waals surface area (Å²) in [7, 11) is 2.32. The summed E-state index contributed by atoms with van der Waals surface area (Å²) in [5.74, 6) is 0. The second-order valence-corrected chi connectivity index (χ2v) is 7.09. The molecule has 102 valence electrons. The quantitative estimate of drug-likeness (QED) is 0.810. The van der Waals surface area contributed by atoms with Crippen LogP contribution in [0.15, 0.2) is 0 Å². The van der Waals surface area contributed by atoms with Crippen molar-refractivity contribution in [3.05, 3.63) is 0 Å². The molecule has 1 N–H and O–H groups in total. The van der Waals surface area contributed by atoms with Gasteiger partial charge in [0.1, 0.15) is 0 Å². The van der Waals surface area contributed by atoms with E-state index in [9.17, 15) is 0 Å². The summed E-state index contributed by atoms with van der Waals surface area (Å²) < 4.78 is 0. The Kier molecular flexibility index (Phi) is 4.65. The van der Waals surface area contributed by atoms with Gasteiger partial charge in [0.25, 0.3) is 0 Å². The molecule has 1 saturated heterocycles. The lowest BCUT2D eigenvalue weighted by Gasteiger charge is -2.50. The van der Waals surface area contributed by atoms with Crippen LogP contribution in [0.4, 0.5) is 0 Å². The minimum atomic E-state index is 0.257. The van der Waals surface area contributed by atoms with Gasteiger partial charge < -0.3 is 10.2 Å². The van der Waals surface area contributed by atoms with Crippen molar-refractivity contribution < 1.29 is 0 Å². The van der Waals surface area contributed by atoms with Crippen LogP contribution < -0.4 is 5.32 Å². The summed E-state index contributed by atoms with van der Waals surface area (Å²) in [6.07, 6.45) is 5.03. The first-order valence-electron chi connectivity index (χ1n) is 7.22. The van der Waals surface area contributed by atoms with E-state index in [4.69, 9.17) is 0 Å². The van der Waals surface area contributed by atoms with E-state index < -0.39 is 0 Å². The summed E-state index contributed by atoms with van der Waals surface area (Å²) in [6, 6.07) is 1.45. The first-order chi connectivity index (χ1) is 7.71. The van der Waals surface area contributed by atoms with Gasteiger partial charge >= 0.3 is 0 Å². The topological polar surface area (TPSA) is 15.3 Å². The summed E-state index contributed by atoms with van der Waals surface area (Å²) in [5.41, 5.74) is 0.513. The minimum absolute atomic E-state index is 0.257. The molecule has 0 radical (unpaired) electrons. The Bertz CT molecular complexity index is 225. The van der Waals surface area contributed by atoms with Gasteiger partial charge in [-0.25, -0.2) is 0 Å². The van der Waals surface area contributed by atoms with Crippen LogP contribution in [-0.4, -0.2) is 35.1 Å². The van der Waals surface area contributed by atoms with E-state index in [0.29, 0.717) is 6.04 Å². The van der Waals surface area contributed by atoms with Crippen LogP contribution in [-0.2, 0) is 0 Å². The third kappa shape index (κ3) is 3.96. The molecule has 0 bridgehead atoms. The van der Waals surface area contributed by atoms with Crippen LogP contribution in [0, 0.1) is 0 Å². The van der Waals surface area contributed by atoms with Gasteiger partial charge in [0.2, 0.25) is 0 Å². The van der Waals surface area contributed by atoms with Crippen LogP contribution in [0.1, 0.15) is 67.2 Å². The smallest absolute Gasteiger partial charge is 0.0145 e. The molecule has 1 aliphatic rings. The molecule has 1 aliphatic heterocycles. The molecule has 2 nitrogen and oxygen atoms in total. The van der Waals surface area contributed by atoms with Gasteiger partial charge in [-0.3, -0.25) is 0 Å². The lowest BCUT2D eigenvalue weighted by molar-refractivity contribution is 0.0545. The van der Waals surface area contributed by atoms with Crippen molar-refractivity contribution in [2.75, 3.05) is 7.05 Å². The number of hydrogen-bond donors (Lipinski definition) is 1. The second kappa shape index (κ2) is 5.27. The van der Waals surface area contributed by atoms with Crippen molar-refractivity contribution >= 4 is 0 Å². The molecule has 0 saturated carbocycles. The fraction of sp³-hybridized carbons (Fsp3) is 1.00. The van der Waals surface area contributed by atoms with Crippen molar-refractivity contribution in [3.63, 3.8) is 0 Å².